The standard InChI is InChI=1S/C20H28N2O3/c23-20(22-8-10-24-11-9-22)13-18-12-17-14-21(15-19(17)25-18)7-6-16-4-2-1-3-5-16/h1-5,17-19H,6-15H2/t17-,18+,19+/m0/s1. The molecule has 1 aromatic carbocycles. The van der Waals surface area contributed by atoms with Crippen molar-refractivity contribution in [3.05, 3.63) is 35.9 Å². The minimum absolute atomic E-state index is 0.113. The Morgan fingerprint density at radius 3 is 2.68 bits per heavy atom. The van der Waals surface area contributed by atoms with E-state index in [0.29, 0.717) is 31.7 Å². The molecule has 0 unspecified atom stereocenters. The topological polar surface area (TPSA) is 42.0 Å². The largest absolute Gasteiger partial charge is 0.378 e. The molecular formula is C20H28N2O3. The number of hydrogen-bond donors (Lipinski definition) is 0. The molecule has 0 spiro atoms. The monoisotopic (exact) mass is 344 g/mol. The van der Waals surface area contributed by atoms with Crippen LogP contribution < -0.4 is 0 Å². The number of amides is 1. The lowest BCUT2D eigenvalue weighted by Gasteiger charge is -2.28. The zero-order valence-electron chi connectivity index (χ0n) is 14.8. The lowest BCUT2D eigenvalue weighted by atomic mass is 10.0. The molecule has 3 heterocycles. The van der Waals surface area contributed by atoms with Crippen molar-refractivity contribution in [1.29, 1.82) is 0 Å². The highest BCUT2D eigenvalue weighted by molar-refractivity contribution is 5.76. The van der Waals surface area contributed by atoms with Gasteiger partial charge in [0.25, 0.3) is 0 Å². The summed E-state index contributed by atoms with van der Waals surface area (Å²) >= 11 is 0. The van der Waals surface area contributed by atoms with Gasteiger partial charge in [0.05, 0.1) is 31.8 Å². The maximum absolute atomic E-state index is 12.4. The van der Waals surface area contributed by atoms with E-state index in [9.17, 15) is 4.79 Å². The maximum Gasteiger partial charge on any atom is 0.225 e. The van der Waals surface area contributed by atoms with Crippen molar-refractivity contribution in [3.63, 3.8) is 0 Å². The molecule has 0 N–H and O–H groups in total. The van der Waals surface area contributed by atoms with E-state index in [1.54, 1.807) is 0 Å². The molecule has 3 saturated heterocycles. The Bertz CT molecular complexity index is 560. The molecular weight excluding hydrogens is 316 g/mol. The van der Waals surface area contributed by atoms with Crippen molar-refractivity contribution in [2.45, 2.75) is 31.5 Å². The minimum atomic E-state index is 0.113. The SMILES string of the molecule is O=C(C[C@H]1C[C@H]2CN(CCc3ccccc3)C[C@H]2O1)N1CCOCC1. The van der Waals surface area contributed by atoms with Crippen molar-refractivity contribution in [2.24, 2.45) is 5.92 Å². The van der Waals surface area contributed by atoms with Crippen LogP contribution in [-0.4, -0.2) is 73.9 Å². The number of benzene rings is 1. The number of carbonyl (C=O) groups is 1. The van der Waals surface area contributed by atoms with Gasteiger partial charge in [-0.2, -0.15) is 0 Å². The molecule has 0 radical (unpaired) electrons. The molecule has 5 nitrogen and oxygen atoms in total. The molecule has 0 bridgehead atoms. The van der Waals surface area contributed by atoms with Gasteiger partial charge in [-0.25, -0.2) is 0 Å². The molecule has 3 aliphatic heterocycles. The van der Waals surface area contributed by atoms with Gasteiger partial charge in [0.1, 0.15) is 0 Å². The van der Waals surface area contributed by atoms with Gasteiger partial charge in [0.2, 0.25) is 5.91 Å². The first-order valence-corrected chi connectivity index (χ1v) is 9.55. The summed E-state index contributed by atoms with van der Waals surface area (Å²) in [6.07, 6.45) is 3.10. The highest BCUT2D eigenvalue weighted by atomic mass is 16.5. The van der Waals surface area contributed by atoms with Gasteiger partial charge in [-0.1, -0.05) is 30.3 Å². The van der Waals surface area contributed by atoms with Crippen LogP contribution in [0.15, 0.2) is 30.3 Å². The van der Waals surface area contributed by atoms with Crippen LogP contribution in [0.2, 0.25) is 0 Å². The number of likely N-dealkylation sites (tertiary alicyclic amines) is 1. The highest BCUT2D eigenvalue weighted by Gasteiger charge is 2.42. The van der Waals surface area contributed by atoms with Gasteiger partial charge in [0, 0.05) is 38.6 Å². The third-order valence-corrected chi connectivity index (χ3v) is 5.72. The Kier molecular flexibility index (Phi) is 5.34. The van der Waals surface area contributed by atoms with Crippen LogP contribution in [-0.2, 0) is 20.7 Å². The molecule has 1 aromatic rings. The Morgan fingerprint density at radius 2 is 1.92 bits per heavy atom. The highest BCUT2D eigenvalue weighted by Crippen LogP contribution is 2.34. The summed E-state index contributed by atoms with van der Waals surface area (Å²) in [7, 11) is 0. The molecule has 5 heteroatoms. The van der Waals surface area contributed by atoms with Crippen molar-refractivity contribution in [2.75, 3.05) is 45.9 Å². The van der Waals surface area contributed by atoms with Gasteiger partial charge in [-0.15, -0.1) is 0 Å². The van der Waals surface area contributed by atoms with Crippen LogP contribution in [0.5, 0.6) is 0 Å². The fourth-order valence-corrected chi connectivity index (χ4v) is 4.33. The van der Waals surface area contributed by atoms with Crippen molar-refractivity contribution < 1.29 is 14.3 Å². The number of rotatable bonds is 5. The average Bonchev–Trinajstić information content (AvgIpc) is 3.19. The van der Waals surface area contributed by atoms with Crippen molar-refractivity contribution in [3.8, 4) is 0 Å². The maximum atomic E-state index is 12.4. The van der Waals surface area contributed by atoms with E-state index >= 15 is 0 Å². The van der Waals surface area contributed by atoms with Crippen LogP contribution in [0.25, 0.3) is 0 Å². The van der Waals surface area contributed by atoms with Gasteiger partial charge >= 0.3 is 0 Å². The summed E-state index contributed by atoms with van der Waals surface area (Å²) in [6, 6.07) is 10.7. The molecule has 25 heavy (non-hydrogen) atoms. The van der Waals surface area contributed by atoms with Crippen LogP contribution in [0.3, 0.4) is 0 Å². The van der Waals surface area contributed by atoms with E-state index in [1.165, 1.54) is 5.56 Å². The van der Waals surface area contributed by atoms with Crippen LogP contribution in [0.1, 0.15) is 18.4 Å². The van der Waals surface area contributed by atoms with Crippen molar-refractivity contribution >= 4 is 5.91 Å². The lowest BCUT2D eigenvalue weighted by molar-refractivity contribution is -0.138. The van der Waals surface area contributed by atoms with E-state index in [0.717, 1.165) is 45.6 Å². The molecule has 3 fully saturated rings. The van der Waals surface area contributed by atoms with E-state index < -0.39 is 0 Å². The Labute approximate surface area is 149 Å². The zero-order chi connectivity index (χ0) is 17.1. The molecule has 4 rings (SSSR count). The quantitative estimate of drug-likeness (QED) is 0.813. The third-order valence-electron chi connectivity index (χ3n) is 5.72. The molecule has 0 saturated carbocycles. The number of morpholine rings is 1. The second-order valence-electron chi connectivity index (χ2n) is 7.48. The summed E-state index contributed by atoms with van der Waals surface area (Å²) in [4.78, 5) is 16.8. The third kappa shape index (κ3) is 4.22. The minimum Gasteiger partial charge on any atom is -0.378 e. The number of hydrogen-bond acceptors (Lipinski definition) is 4. The van der Waals surface area contributed by atoms with Crippen LogP contribution >= 0.6 is 0 Å². The lowest BCUT2D eigenvalue weighted by Crippen LogP contribution is -2.42. The fraction of sp³-hybridized carbons (Fsp3) is 0.650. The number of ether oxygens (including phenoxy) is 2. The molecule has 3 atom stereocenters. The second-order valence-corrected chi connectivity index (χ2v) is 7.48. The number of nitrogens with zero attached hydrogens (tertiary/aromatic N) is 2. The Morgan fingerprint density at radius 1 is 1.12 bits per heavy atom. The molecule has 0 aliphatic carbocycles. The summed E-state index contributed by atoms with van der Waals surface area (Å²) in [5, 5.41) is 0. The smallest absolute Gasteiger partial charge is 0.225 e. The van der Waals surface area contributed by atoms with Gasteiger partial charge in [-0.05, 0) is 18.4 Å². The first kappa shape index (κ1) is 17.0. The number of fused-ring (bicyclic) bond motifs is 1. The second kappa shape index (κ2) is 7.85. The van der Waals surface area contributed by atoms with E-state index in [2.05, 4.69) is 35.2 Å². The Hall–Kier alpha value is -1.43. The predicted molar refractivity (Wildman–Crippen MR) is 95.4 cm³/mol. The summed E-state index contributed by atoms with van der Waals surface area (Å²) < 4.78 is 11.5. The average molecular weight is 344 g/mol. The molecule has 136 valence electrons. The van der Waals surface area contributed by atoms with Gasteiger partial charge in [-0.3, -0.25) is 4.79 Å². The Balaban J connectivity index is 1.20. The van der Waals surface area contributed by atoms with Gasteiger partial charge in [0.15, 0.2) is 0 Å². The molecule has 3 aliphatic rings. The van der Waals surface area contributed by atoms with E-state index in [-0.39, 0.29) is 12.0 Å². The first-order valence-electron chi connectivity index (χ1n) is 9.55. The summed E-state index contributed by atoms with van der Waals surface area (Å²) in [5.74, 6) is 0.826. The predicted octanol–water partition coefficient (Wildman–Crippen LogP) is 1.57. The van der Waals surface area contributed by atoms with E-state index in [1.807, 2.05) is 4.90 Å². The van der Waals surface area contributed by atoms with Gasteiger partial charge < -0.3 is 19.3 Å². The van der Waals surface area contributed by atoms with Crippen LogP contribution in [0, 0.1) is 5.92 Å². The zero-order valence-corrected chi connectivity index (χ0v) is 14.8. The summed E-state index contributed by atoms with van der Waals surface area (Å²) in [5.41, 5.74) is 1.40. The summed E-state index contributed by atoms with van der Waals surface area (Å²) in [6.45, 7) is 6.01. The number of carbonyl (C=O) groups excluding carboxylic acids is 1. The van der Waals surface area contributed by atoms with Crippen molar-refractivity contribution in [1.82, 2.24) is 9.80 Å². The van der Waals surface area contributed by atoms with E-state index in [4.69, 9.17) is 9.47 Å². The fourth-order valence-electron chi connectivity index (χ4n) is 4.33. The molecule has 0 aromatic heterocycles. The first-order chi connectivity index (χ1) is 12.3. The molecule has 1 amide bonds. The normalized spacial score (nSPS) is 29.8. The van der Waals surface area contributed by atoms with Crippen LogP contribution in [0.4, 0.5) is 0 Å².